The van der Waals surface area contributed by atoms with Crippen LogP contribution in [0.1, 0.15) is 49.9 Å². The quantitative estimate of drug-likeness (QED) is 0.737. The maximum Gasteiger partial charge on any atom is 0.223 e. The molecule has 2 fully saturated rings. The molecule has 1 amide bonds. The molecule has 4 rings (SSSR count). The van der Waals surface area contributed by atoms with Gasteiger partial charge in [-0.05, 0) is 55.5 Å². The zero-order valence-electron chi connectivity index (χ0n) is 17.8. The maximum atomic E-state index is 13.3. The third-order valence-corrected chi connectivity index (χ3v) is 7.69. The van der Waals surface area contributed by atoms with Gasteiger partial charge >= 0.3 is 0 Å². The highest BCUT2D eigenvalue weighted by Gasteiger charge is 2.35. The molecule has 0 spiro atoms. The first-order valence-corrected chi connectivity index (χ1v) is 12.2. The zero-order chi connectivity index (χ0) is 20.9. The summed E-state index contributed by atoms with van der Waals surface area (Å²) in [6, 6.07) is 11.5. The highest BCUT2D eigenvalue weighted by atomic mass is 32.1. The summed E-state index contributed by atoms with van der Waals surface area (Å²) >= 11 is 1.79. The van der Waals surface area contributed by atoms with Crippen molar-refractivity contribution in [3.63, 3.8) is 0 Å². The van der Waals surface area contributed by atoms with E-state index in [1.807, 2.05) is 12.1 Å². The zero-order valence-corrected chi connectivity index (χ0v) is 18.6. The molecule has 2 heterocycles. The van der Waals surface area contributed by atoms with E-state index in [0.29, 0.717) is 0 Å². The highest BCUT2D eigenvalue weighted by Crippen LogP contribution is 2.25. The van der Waals surface area contributed by atoms with E-state index in [1.165, 1.54) is 41.2 Å². The van der Waals surface area contributed by atoms with Gasteiger partial charge < -0.3 is 15.1 Å². The number of amides is 1. The number of benzene rings is 1. The molecule has 0 radical (unpaired) electrons. The fraction of sp³-hybridized carbons (Fsp3) is 0.542. The van der Waals surface area contributed by atoms with Gasteiger partial charge in [0.15, 0.2) is 0 Å². The van der Waals surface area contributed by atoms with Crippen LogP contribution in [0.4, 0.5) is 10.1 Å². The molecular formula is C24H33FN3OS+. The topological polar surface area (TPSA) is 36.8 Å². The average molecular weight is 431 g/mol. The second-order valence-electron chi connectivity index (χ2n) is 8.75. The highest BCUT2D eigenvalue weighted by molar-refractivity contribution is 7.10. The number of anilines is 1. The first kappa shape index (κ1) is 21.3. The molecule has 1 aromatic carbocycles. The van der Waals surface area contributed by atoms with Crippen LogP contribution in [-0.4, -0.2) is 38.1 Å². The van der Waals surface area contributed by atoms with Crippen LogP contribution in [0.25, 0.3) is 0 Å². The van der Waals surface area contributed by atoms with Crippen molar-refractivity contribution in [2.24, 2.45) is 5.92 Å². The van der Waals surface area contributed by atoms with E-state index < -0.39 is 0 Å². The Hall–Kier alpha value is -1.92. The molecule has 1 saturated carbocycles. The monoisotopic (exact) mass is 430 g/mol. The molecule has 0 unspecified atom stereocenters. The summed E-state index contributed by atoms with van der Waals surface area (Å²) in [4.78, 5) is 18.1. The van der Waals surface area contributed by atoms with Crippen LogP contribution in [0.15, 0.2) is 41.8 Å². The molecule has 4 nitrogen and oxygen atoms in total. The smallest absolute Gasteiger partial charge is 0.223 e. The van der Waals surface area contributed by atoms with Crippen LogP contribution < -0.4 is 15.1 Å². The molecule has 2 N–H and O–H groups in total. The van der Waals surface area contributed by atoms with E-state index in [9.17, 15) is 9.18 Å². The Balaban J connectivity index is 1.41. The van der Waals surface area contributed by atoms with Crippen molar-refractivity contribution in [1.82, 2.24) is 5.32 Å². The van der Waals surface area contributed by atoms with E-state index in [4.69, 9.17) is 0 Å². The SMILES string of the molecule is C[C@@H](NC(=O)C1CCCCC1)[C@H](c1cccs1)[NH+]1CCN(c2ccc(F)cc2)CC1. The number of carbonyl (C=O) groups excluding carboxylic acids is 1. The third kappa shape index (κ3) is 5.03. The number of nitrogens with one attached hydrogen (secondary N) is 2. The molecule has 2 aromatic rings. The second kappa shape index (κ2) is 9.92. The summed E-state index contributed by atoms with van der Waals surface area (Å²) < 4.78 is 13.3. The molecule has 1 aromatic heterocycles. The van der Waals surface area contributed by atoms with Crippen molar-refractivity contribution in [2.75, 3.05) is 31.1 Å². The normalized spacial score (nSPS) is 20.7. The largest absolute Gasteiger partial charge is 0.360 e. The molecule has 0 bridgehead atoms. The summed E-state index contributed by atoms with van der Waals surface area (Å²) in [7, 11) is 0. The predicted molar refractivity (Wildman–Crippen MR) is 121 cm³/mol. The minimum atomic E-state index is -0.191. The lowest BCUT2D eigenvalue weighted by atomic mass is 9.88. The minimum absolute atomic E-state index is 0.102. The number of thiophene rings is 1. The number of rotatable bonds is 6. The standard InChI is InChI=1S/C24H32FN3OS/c1-18(26-24(29)19-6-3-2-4-7-19)23(22-8-5-17-30-22)28-15-13-27(14-16-28)21-11-9-20(25)10-12-21/h5,8-12,17-19,23H,2-4,6-7,13-16H2,1H3,(H,26,29)/p+1/t18-,23-/m1/s1. The molecule has 2 aliphatic rings. The molecular weight excluding hydrogens is 397 g/mol. The number of carbonyl (C=O) groups is 1. The lowest BCUT2D eigenvalue weighted by Crippen LogP contribution is -3.16. The molecule has 1 saturated heterocycles. The molecule has 1 aliphatic carbocycles. The fourth-order valence-electron chi connectivity index (χ4n) is 5.07. The third-order valence-electron chi connectivity index (χ3n) is 6.73. The van der Waals surface area contributed by atoms with Crippen molar-refractivity contribution in [3.05, 3.63) is 52.5 Å². The number of hydrogen-bond donors (Lipinski definition) is 2. The maximum absolute atomic E-state index is 13.3. The molecule has 162 valence electrons. The Morgan fingerprint density at radius 1 is 1.13 bits per heavy atom. The van der Waals surface area contributed by atoms with E-state index >= 15 is 0 Å². The summed E-state index contributed by atoms with van der Waals surface area (Å²) in [6.45, 7) is 6.05. The first-order chi connectivity index (χ1) is 14.6. The van der Waals surface area contributed by atoms with Gasteiger partial charge in [-0.15, -0.1) is 11.3 Å². The van der Waals surface area contributed by atoms with E-state index in [-0.39, 0.29) is 29.7 Å². The summed E-state index contributed by atoms with van der Waals surface area (Å²) in [6.07, 6.45) is 5.69. The second-order valence-corrected chi connectivity index (χ2v) is 9.73. The van der Waals surface area contributed by atoms with Crippen molar-refractivity contribution in [3.8, 4) is 0 Å². The van der Waals surface area contributed by atoms with Gasteiger partial charge in [0, 0.05) is 11.6 Å². The van der Waals surface area contributed by atoms with Crippen molar-refractivity contribution >= 4 is 22.9 Å². The van der Waals surface area contributed by atoms with Crippen LogP contribution in [0.5, 0.6) is 0 Å². The fourth-order valence-corrected chi connectivity index (χ4v) is 6.06. The van der Waals surface area contributed by atoms with Crippen molar-refractivity contribution in [1.29, 1.82) is 0 Å². The molecule has 6 heteroatoms. The van der Waals surface area contributed by atoms with Crippen molar-refractivity contribution < 1.29 is 14.1 Å². The van der Waals surface area contributed by atoms with Crippen LogP contribution in [0, 0.1) is 11.7 Å². The molecule has 1 aliphatic heterocycles. The van der Waals surface area contributed by atoms with Gasteiger partial charge in [0.05, 0.1) is 37.1 Å². The van der Waals surface area contributed by atoms with E-state index in [1.54, 1.807) is 11.3 Å². The molecule has 30 heavy (non-hydrogen) atoms. The number of hydrogen-bond acceptors (Lipinski definition) is 3. The van der Waals surface area contributed by atoms with Gasteiger partial charge in [-0.1, -0.05) is 25.3 Å². The Morgan fingerprint density at radius 3 is 2.47 bits per heavy atom. The Kier molecular flexibility index (Phi) is 7.05. The number of piperazine rings is 1. The van der Waals surface area contributed by atoms with Gasteiger partial charge in [0.25, 0.3) is 0 Å². The Bertz CT molecular complexity index is 796. The van der Waals surface area contributed by atoms with Gasteiger partial charge in [-0.25, -0.2) is 4.39 Å². The lowest BCUT2D eigenvalue weighted by molar-refractivity contribution is -0.933. The van der Waals surface area contributed by atoms with Crippen LogP contribution >= 0.6 is 11.3 Å². The number of nitrogens with zero attached hydrogens (tertiary/aromatic N) is 1. The summed E-state index contributed by atoms with van der Waals surface area (Å²) in [5.74, 6) is 0.243. The minimum Gasteiger partial charge on any atom is -0.360 e. The average Bonchev–Trinajstić information content (AvgIpc) is 3.30. The van der Waals surface area contributed by atoms with E-state index in [2.05, 4.69) is 34.7 Å². The van der Waals surface area contributed by atoms with Crippen molar-refractivity contribution in [2.45, 2.75) is 51.1 Å². The number of halogens is 1. The Labute approximate surface area is 183 Å². The number of quaternary nitrogens is 1. The predicted octanol–water partition coefficient (Wildman–Crippen LogP) is 3.42. The van der Waals surface area contributed by atoms with Gasteiger partial charge in [-0.2, -0.15) is 0 Å². The lowest BCUT2D eigenvalue weighted by Gasteiger charge is -2.39. The summed E-state index contributed by atoms with van der Waals surface area (Å²) in [5.41, 5.74) is 1.08. The van der Waals surface area contributed by atoms with Crippen LogP contribution in [0.3, 0.4) is 0 Å². The Morgan fingerprint density at radius 2 is 1.83 bits per heavy atom. The van der Waals surface area contributed by atoms with Gasteiger partial charge in [0.1, 0.15) is 11.9 Å². The van der Waals surface area contributed by atoms with Crippen LogP contribution in [-0.2, 0) is 4.79 Å². The van der Waals surface area contributed by atoms with Gasteiger partial charge in [-0.3, -0.25) is 4.79 Å². The molecule has 2 atom stereocenters. The van der Waals surface area contributed by atoms with Gasteiger partial charge in [0.2, 0.25) is 5.91 Å². The van der Waals surface area contributed by atoms with E-state index in [0.717, 1.165) is 44.7 Å². The summed E-state index contributed by atoms with van der Waals surface area (Å²) in [5, 5.41) is 5.51. The van der Waals surface area contributed by atoms with Crippen LogP contribution in [0.2, 0.25) is 0 Å². The first-order valence-electron chi connectivity index (χ1n) is 11.3.